The summed E-state index contributed by atoms with van der Waals surface area (Å²) >= 11 is 2.17. The number of benzene rings is 2. The topological polar surface area (TPSA) is 39.1 Å². The molecule has 1 fully saturated rings. The lowest BCUT2D eigenvalue weighted by Gasteiger charge is -2.36. The molecule has 2 aromatic carbocycles. The molecule has 34 heavy (non-hydrogen) atoms. The molecule has 0 saturated carbocycles. The fourth-order valence-electron chi connectivity index (χ4n) is 6.47. The molecule has 7 rings (SSSR count). The number of fused-ring (bicyclic) bond motifs is 7. The van der Waals surface area contributed by atoms with Gasteiger partial charge in [0.25, 0.3) is 0 Å². The van der Waals surface area contributed by atoms with Crippen molar-refractivity contribution in [3.63, 3.8) is 0 Å². The Hall–Kier alpha value is -3.42. The summed E-state index contributed by atoms with van der Waals surface area (Å²) in [6.07, 6.45) is 18.0. The van der Waals surface area contributed by atoms with Crippen LogP contribution in [0.1, 0.15) is 17.0 Å². The highest BCUT2D eigenvalue weighted by Gasteiger charge is 2.52. The van der Waals surface area contributed by atoms with Gasteiger partial charge < -0.3 is 10.2 Å². The summed E-state index contributed by atoms with van der Waals surface area (Å²) in [6.45, 7) is 0.676. The van der Waals surface area contributed by atoms with Crippen molar-refractivity contribution < 1.29 is 0 Å². The number of rotatable bonds is 2. The molecule has 3 nitrogen and oxygen atoms in total. The van der Waals surface area contributed by atoms with Crippen LogP contribution in [-0.2, 0) is 0 Å². The van der Waals surface area contributed by atoms with Crippen LogP contribution in [0.4, 0.5) is 11.4 Å². The first-order valence-corrected chi connectivity index (χ1v) is 13.0. The van der Waals surface area contributed by atoms with Gasteiger partial charge in [-0.15, -0.1) is 11.8 Å². The first-order chi connectivity index (χ1) is 16.8. The SMILES string of the molecule is N#CC1=C(c2cccc(N3c4ccccc4C4C5SC6C=CC=CC6[C@H]5C=CC43)c2)CNC=C1. The first kappa shape index (κ1) is 20.0. The van der Waals surface area contributed by atoms with Gasteiger partial charge in [0.2, 0.25) is 0 Å². The Labute approximate surface area is 204 Å². The zero-order chi connectivity index (χ0) is 22.6. The van der Waals surface area contributed by atoms with E-state index in [1.165, 1.54) is 16.9 Å². The number of nitriles is 1. The number of nitrogens with one attached hydrogen (secondary N) is 1. The number of thioether (sulfide) groups is 1. The number of allylic oxidation sites excluding steroid dienone is 6. The number of hydrogen-bond acceptors (Lipinski definition) is 4. The number of dihydropyridines is 1. The van der Waals surface area contributed by atoms with Crippen molar-refractivity contribution in [2.75, 3.05) is 11.4 Å². The summed E-state index contributed by atoms with van der Waals surface area (Å²) in [6, 6.07) is 20.4. The van der Waals surface area contributed by atoms with Crippen molar-refractivity contribution in [2.45, 2.75) is 22.5 Å². The maximum Gasteiger partial charge on any atom is 0.0996 e. The molecule has 5 aliphatic rings. The summed E-state index contributed by atoms with van der Waals surface area (Å²) in [5, 5.41) is 14.1. The summed E-state index contributed by atoms with van der Waals surface area (Å²) in [7, 11) is 0. The van der Waals surface area contributed by atoms with Gasteiger partial charge in [-0.05, 0) is 59.0 Å². The molecule has 166 valence electrons. The summed E-state index contributed by atoms with van der Waals surface area (Å²) < 4.78 is 0. The highest BCUT2D eigenvalue weighted by atomic mass is 32.2. The van der Waals surface area contributed by atoms with Gasteiger partial charge in [-0.3, -0.25) is 0 Å². The van der Waals surface area contributed by atoms with Crippen LogP contribution < -0.4 is 10.2 Å². The average molecular weight is 460 g/mol. The van der Waals surface area contributed by atoms with E-state index in [0.29, 0.717) is 40.8 Å². The van der Waals surface area contributed by atoms with Crippen molar-refractivity contribution in [3.8, 4) is 6.07 Å². The van der Waals surface area contributed by atoms with E-state index in [-0.39, 0.29) is 0 Å². The second-order valence-electron chi connectivity index (χ2n) is 9.59. The predicted octanol–water partition coefficient (Wildman–Crippen LogP) is 6.10. The highest BCUT2D eigenvalue weighted by Crippen LogP contribution is 2.59. The Kier molecular flexibility index (Phi) is 4.60. The predicted molar refractivity (Wildman–Crippen MR) is 141 cm³/mol. The molecule has 2 aromatic rings. The van der Waals surface area contributed by atoms with E-state index in [0.717, 1.165) is 16.7 Å². The van der Waals surface area contributed by atoms with Gasteiger partial charge in [0, 0.05) is 34.3 Å². The van der Waals surface area contributed by atoms with Crippen LogP contribution in [0.3, 0.4) is 0 Å². The van der Waals surface area contributed by atoms with Gasteiger partial charge in [-0.2, -0.15) is 5.26 Å². The molecule has 0 bridgehead atoms. The lowest BCUT2D eigenvalue weighted by molar-refractivity contribution is 0.427. The molecular formula is C30H25N3S. The largest absolute Gasteiger partial charge is 0.387 e. The van der Waals surface area contributed by atoms with Gasteiger partial charge in [0.1, 0.15) is 0 Å². The Morgan fingerprint density at radius 3 is 2.82 bits per heavy atom. The van der Waals surface area contributed by atoms with Crippen molar-refractivity contribution in [3.05, 3.63) is 114 Å². The molecule has 2 aliphatic carbocycles. The average Bonchev–Trinajstić information content (AvgIpc) is 3.44. The molecule has 1 saturated heterocycles. The lowest BCUT2D eigenvalue weighted by atomic mass is 9.74. The molecule has 4 heteroatoms. The van der Waals surface area contributed by atoms with E-state index in [1.807, 2.05) is 12.3 Å². The van der Waals surface area contributed by atoms with Crippen LogP contribution in [0, 0.1) is 23.2 Å². The first-order valence-electron chi connectivity index (χ1n) is 12.0. The molecule has 1 N–H and O–H groups in total. The van der Waals surface area contributed by atoms with Crippen LogP contribution >= 0.6 is 11.8 Å². The van der Waals surface area contributed by atoms with E-state index < -0.39 is 0 Å². The number of anilines is 2. The maximum absolute atomic E-state index is 9.64. The third kappa shape index (κ3) is 2.90. The van der Waals surface area contributed by atoms with Gasteiger partial charge in [-0.25, -0.2) is 0 Å². The molecule has 6 atom stereocenters. The molecule has 5 unspecified atom stereocenters. The van der Waals surface area contributed by atoms with E-state index in [9.17, 15) is 5.26 Å². The standard InChI is InChI=1S/C30H25N3S/c31-17-20-14-15-32-18-25(20)19-6-5-7-21(16-19)33-26-10-3-1-9-24(26)29-27(33)13-12-23-22-8-2-4-11-28(22)34-30(23)29/h1-16,22-23,27-30,32H,18H2/t22?,23-,27?,28?,29?,30?/m1/s1. The van der Waals surface area contributed by atoms with E-state index in [4.69, 9.17) is 0 Å². The van der Waals surface area contributed by atoms with E-state index >= 15 is 0 Å². The zero-order valence-electron chi connectivity index (χ0n) is 18.7. The Balaban J connectivity index is 1.33. The monoisotopic (exact) mass is 459 g/mol. The quantitative estimate of drug-likeness (QED) is 0.551. The second kappa shape index (κ2) is 7.82. The fraction of sp³-hybridized carbons (Fsp3) is 0.233. The van der Waals surface area contributed by atoms with Gasteiger partial charge in [-0.1, -0.05) is 66.8 Å². The minimum atomic E-state index is 0.309. The van der Waals surface area contributed by atoms with E-state index in [1.54, 1.807) is 0 Å². The van der Waals surface area contributed by atoms with Crippen LogP contribution in [0.5, 0.6) is 0 Å². The molecule has 0 radical (unpaired) electrons. The third-order valence-corrected chi connectivity index (χ3v) is 9.64. The molecular weight excluding hydrogens is 434 g/mol. The van der Waals surface area contributed by atoms with Crippen LogP contribution in [-0.4, -0.2) is 23.1 Å². The molecule has 3 aliphatic heterocycles. The molecule has 0 aromatic heterocycles. The number of hydrogen-bond donors (Lipinski definition) is 1. The normalized spacial score (nSPS) is 32.0. The van der Waals surface area contributed by atoms with Gasteiger partial charge >= 0.3 is 0 Å². The smallest absolute Gasteiger partial charge is 0.0996 e. The Morgan fingerprint density at radius 2 is 1.88 bits per heavy atom. The highest BCUT2D eigenvalue weighted by molar-refractivity contribution is 8.01. The van der Waals surface area contributed by atoms with Crippen LogP contribution in [0.2, 0.25) is 0 Å². The second-order valence-corrected chi connectivity index (χ2v) is 10.9. The van der Waals surface area contributed by atoms with Crippen LogP contribution in [0.15, 0.2) is 103 Å². The van der Waals surface area contributed by atoms with Crippen molar-refractivity contribution in [2.24, 2.45) is 11.8 Å². The number of nitrogens with zero attached hydrogens (tertiary/aromatic N) is 2. The molecule has 0 amide bonds. The summed E-state index contributed by atoms with van der Waals surface area (Å²) in [5.41, 5.74) is 6.89. The van der Waals surface area contributed by atoms with E-state index in [2.05, 4.69) is 113 Å². The Morgan fingerprint density at radius 1 is 0.971 bits per heavy atom. The maximum atomic E-state index is 9.64. The minimum Gasteiger partial charge on any atom is -0.387 e. The molecule has 3 heterocycles. The van der Waals surface area contributed by atoms with Crippen molar-refractivity contribution >= 4 is 28.7 Å². The van der Waals surface area contributed by atoms with Crippen molar-refractivity contribution in [1.82, 2.24) is 5.32 Å². The number of para-hydroxylation sites is 1. The zero-order valence-corrected chi connectivity index (χ0v) is 19.5. The minimum absolute atomic E-state index is 0.309. The summed E-state index contributed by atoms with van der Waals surface area (Å²) in [4.78, 5) is 2.53. The van der Waals surface area contributed by atoms with Crippen LogP contribution in [0.25, 0.3) is 5.57 Å². The molecule has 0 spiro atoms. The summed E-state index contributed by atoms with van der Waals surface area (Å²) in [5.74, 6) is 1.66. The van der Waals surface area contributed by atoms with Gasteiger partial charge in [0.05, 0.1) is 17.7 Å². The lowest BCUT2D eigenvalue weighted by Crippen LogP contribution is -2.38. The van der Waals surface area contributed by atoms with Crippen molar-refractivity contribution in [1.29, 1.82) is 5.26 Å². The van der Waals surface area contributed by atoms with Gasteiger partial charge in [0.15, 0.2) is 0 Å². The Bertz CT molecular complexity index is 1360. The third-order valence-electron chi connectivity index (χ3n) is 7.93. The fourth-order valence-corrected chi connectivity index (χ4v) is 8.40.